The van der Waals surface area contributed by atoms with Crippen LogP contribution in [0.2, 0.25) is 0 Å². The average Bonchev–Trinajstić information content (AvgIpc) is 2.43. The zero-order valence-corrected chi connectivity index (χ0v) is 12.9. The number of nitrogens with zero attached hydrogens (tertiary/aromatic N) is 3. The Bertz CT molecular complexity index is 679. The molecule has 0 aliphatic carbocycles. The van der Waals surface area contributed by atoms with Crippen LogP contribution in [0.4, 0.5) is 5.69 Å². The van der Waals surface area contributed by atoms with Crippen molar-refractivity contribution in [3.8, 4) is 6.07 Å². The first-order chi connectivity index (χ1) is 9.75. The minimum Gasteiger partial charge on any atom is -0.258 e. The topological polar surface area (TPSA) is 104 Å². The molecule has 0 spiro atoms. The summed E-state index contributed by atoms with van der Waals surface area (Å²) in [5, 5.41) is 19.9. The van der Waals surface area contributed by atoms with Crippen molar-refractivity contribution in [1.82, 2.24) is 4.31 Å². The molecule has 0 N–H and O–H groups in total. The second kappa shape index (κ2) is 6.65. The first-order valence-electron chi connectivity index (χ1n) is 6.39. The number of nitro groups is 1. The molecule has 0 aliphatic rings. The lowest BCUT2D eigenvalue weighted by molar-refractivity contribution is -0.387. The maximum atomic E-state index is 12.7. The number of sulfonamides is 1. The van der Waals surface area contributed by atoms with E-state index in [1.807, 2.05) is 6.07 Å². The van der Waals surface area contributed by atoms with Crippen LogP contribution < -0.4 is 0 Å². The summed E-state index contributed by atoms with van der Waals surface area (Å²) in [6.07, 6.45) is 0. The van der Waals surface area contributed by atoms with Crippen LogP contribution in [0, 0.1) is 34.3 Å². The number of hydrogen-bond acceptors (Lipinski definition) is 5. The third-order valence-corrected chi connectivity index (χ3v) is 5.17. The van der Waals surface area contributed by atoms with Crippen LogP contribution in [-0.2, 0) is 10.0 Å². The molecule has 0 aromatic heterocycles. The van der Waals surface area contributed by atoms with Gasteiger partial charge in [0.05, 0.1) is 16.9 Å². The van der Waals surface area contributed by atoms with E-state index in [0.29, 0.717) is 5.56 Å². The Hall–Kier alpha value is -1.98. The molecule has 21 heavy (non-hydrogen) atoms. The molecule has 1 rings (SSSR count). The standard InChI is InChI=1S/C13H17N3O4S/c1-4-15(9-10(2)8-14)21(19,20)13-11(3)6-5-7-12(13)16(17)18/h5-7,10H,4,9H2,1-3H3. The summed E-state index contributed by atoms with van der Waals surface area (Å²) in [5.74, 6) is -0.497. The Morgan fingerprint density at radius 1 is 1.48 bits per heavy atom. The minimum absolute atomic E-state index is 0.000815. The van der Waals surface area contributed by atoms with Gasteiger partial charge in [0.2, 0.25) is 10.0 Å². The SMILES string of the molecule is CCN(CC(C)C#N)S(=O)(=O)c1c(C)cccc1[N+](=O)[O-]. The largest absolute Gasteiger partial charge is 0.289 e. The fourth-order valence-corrected chi connectivity index (χ4v) is 3.89. The Morgan fingerprint density at radius 3 is 2.57 bits per heavy atom. The summed E-state index contributed by atoms with van der Waals surface area (Å²) in [5.41, 5.74) is -0.134. The fraction of sp³-hybridized carbons (Fsp3) is 0.462. The van der Waals surface area contributed by atoms with E-state index >= 15 is 0 Å². The quantitative estimate of drug-likeness (QED) is 0.591. The highest BCUT2D eigenvalue weighted by Gasteiger charge is 2.33. The van der Waals surface area contributed by atoms with E-state index in [2.05, 4.69) is 0 Å². The predicted molar refractivity (Wildman–Crippen MR) is 77.0 cm³/mol. The Labute approximate surface area is 124 Å². The second-order valence-corrected chi connectivity index (χ2v) is 6.54. The van der Waals surface area contributed by atoms with Gasteiger partial charge in [0.25, 0.3) is 5.69 Å². The molecule has 1 unspecified atom stereocenters. The molecule has 0 aliphatic heterocycles. The maximum absolute atomic E-state index is 12.7. The van der Waals surface area contributed by atoms with Crippen molar-refractivity contribution in [3.63, 3.8) is 0 Å². The number of hydrogen-bond donors (Lipinski definition) is 0. The van der Waals surface area contributed by atoms with Crippen LogP contribution in [-0.4, -0.2) is 30.7 Å². The minimum atomic E-state index is -4.02. The maximum Gasteiger partial charge on any atom is 0.289 e. The number of aryl methyl sites for hydroxylation is 1. The van der Waals surface area contributed by atoms with E-state index in [4.69, 9.17) is 5.26 Å². The summed E-state index contributed by atoms with van der Waals surface area (Å²) >= 11 is 0. The molecular weight excluding hydrogens is 294 g/mol. The van der Waals surface area contributed by atoms with Crippen LogP contribution in [0.5, 0.6) is 0 Å². The normalized spacial score (nSPS) is 12.9. The third kappa shape index (κ3) is 3.56. The molecule has 114 valence electrons. The monoisotopic (exact) mass is 311 g/mol. The molecule has 1 aromatic rings. The molecular formula is C13H17N3O4S. The molecule has 7 nitrogen and oxygen atoms in total. The molecule has 1 aromatic carbocycles. The highest BCUT2D eigenvalue weighted by molar-refractivity contribution is 7.89. The van der Waals surface area contributed by atoms with Gasteiger partial charge in [-0.3, -0.25) is 10.1 Å². The zero-order chi connectivity index (χ0) is 16.2. The summed E-state index contributed by atoms with van der Waals surface area (Å²) in [7, 11) is -4.02. The van der Waals surface area contributed by atoms with E-state index in [1.54, 1.807) is 13.8 Å². The van der Waals surface area contributed by atoms with Gasteiger partial charge in [-0.15, -0.1) is 0 Å². The number of benzene rings is 1. The molecule has 1 atom stereocenters. The Morgan fingerprint density at radius 2 is 2.10 bits per heavy atom. The van der Waals surface area contributed by atoms with Gasteiger partial charge in [0.15, 0.2) is 4.90 Å². The van der Waals surface area contributed by atoms with E-state index in [9.17, 15) is 18.5 Å². The van der Waals surface area contributed by atoms with Crippen LogP contribution in [0.15, 0.2) is 23.1 Å². The van der Waals surface area contributed by atoms with Crippen LogP contribution in [0.1, 0.15) is 19.4 Å². The fourth-order valence-electron chi connectivity index (χ4n) is 1.99. The molecule has 0 saturated heterocycles. The number of nitriles is 1. The molecule has 0 bridgehead atoms. The lowest BCUT2D eigenvalue weighted by Gasteiger charge is -2.22. The van der Waals surface area contributed by atoms with Gasteiger partial charge < -0.3 is 0 Å². The van der Waals surface area contributed by atoms with Gasteiger partial charge in [0, 0.05) is 19.2 Å². The van der Waals surface area contributed by atoms with E-state index in [-0.39, 0.29) is 18.0 Å². The van der Waals surface area contributed by atoms with Gasteiger partial charge in [-0.25, -0.2) is 8.42 Å². The van der Waals surface area contributed by atoms with Gasteiger partial charge in [-0.2, -0.15) is 9.57 Å². The van der Waals surface area contributed by atoms with Gasteiger partial charge in [-0.05, 0) is 19.4 Å². The van der Waals surface area contributed by atoms with Crippen molar-refractivity contribution in [3.05, 3.63) is 33.9 Å². The summed E-state index contributed by atoms with van der Waals surface area (Å²) < 4.78 is 26.4. The first-order valence-corrected chi connectivity index (χ1v) is 7.83. The number of rotatable bonds is 6. The highest BCUT2D eigenvalue weighted by Crippen LogP contribution is 2.29. The van der Waals surface area contributed by atoms with Crippen molar-refractivity contribution in [1.29, 1.82) is 5.26 Å². The molecule has 8 heteroatoms. The first kappa shape index (κ1) is 17.1. The number of nitro benzene ring substituents is 1. The average molecular weight is 311 g/mol. The van der Waals surface area contributed by atoms with E-state index in [0.717, 1.165) is 4.31 Å². The summed E-state index contributed by atoms with van der Waals surface area (Å²) in [4.78, 5) is 10.1. The molecule has 0 amide bonds. The lowest BCUT2D eigenvalue weighted by Crippen LogP contribution is -2.35. The van der Waals surface area contributed by atoms with Crippen molar-refractivity contribution >= 4 is 15.7 Å². The summed E-state index contributed by atoms with van der Waals surface area (Å²) in [6, 6.07) is 6.09. The van der Waals surface area contributed by atoms with E-state index in [1.165, 1.54) is 25.1 Å². The second-order valence-electron chi connectivity index (χ2n) is 4.67. The Balaban J connectivity index is 3.43. The van der Waals surface area contributed by atoms with Crippen molar-refractivity contribution in [2.45, 2.75) is 25.7 Å². The molecule has 0 fully saturated rings. The van der Waals surface area contributed by atoms with Crippen LogP contribution in [0.25, 0.3) is 0 Å². The van der Waals surface area contributed by atoms with Gasteiger partial charge in [-0.1, -0.05) is 19.1 Å². The van der Waals surface area contributed by atoms with Crippen LogP contribution in [0.3, 0.4) is 0 Å². The highest BCUT2D eigenvalue weighted by atomic mass is 32.2. The Kier molecular flexibility index (Phi) is 5.41. The van der Waals surface area contributed by atoms with Crippen molar-refractivity contribution in [2.75, 3.05) is 13.1 Å². The van der Waals surface area contributed by atoms with Crippen molar-refractivity contribution < 1.29 is 13.3 Å². The van der Waals surface area contributed by atoms with Gasteiger partial charge in [0.1, 0.15) is 0 Å². The smallest absolute Gasteiger partial charge is 0.258 e. The molecule has 0 radical (unpaired) electrons. The van der Waals surface area contributed by atoms with Gasteiger partial charge >= 0.3 is 0 Å². The molecule has 0 heterocycles. The zero-order valence-electron chi connectivity index (χ0n) is 12.1. The predicted octanol–water partition coefficient (Wildman–Crippen LogP) is 2.07. The summed E-state index contributed by atoms with van der Waals surface area (Å²) in [6.45, 7) is 4.89. The van der Waals surface area contributed by atoms with Crippen LogP contribution >= 0.6 is 0 Å². The van der Waals surface area contributed by atoms with Crippen molar-refractivity contribution in [2.24, 2.45) is 5.92 Å². The third-order valence-electron chi connectivity index (χ3n) is 3.04. The molecule has 0 saturated carbocycles. The van der Waals surface area contributed by atoms with E-state index < -0.39 is 26.6 Å². The lowest BCUT2D eigenvalue weighted by atomic mass is 10.2.